The highest BCUT2D eigenvalue weighted by Gasteiger charge is 2.32. The highest BCUT2D eigenvalue weighted by molar-refractivity contribution is 6.00. The normalized spacial score (nSPS) is 16.1. The minimum Gasteiger partial charge on any atom is -0.379 e. The summed E-state index contributed by atoms with van der Waals surface area (Å²) < 4.78 is 10.9. The molecule has 1 aromatic heterocycles. The van der Waals surface area contributed by atoms with E-state index in [2.05, 4.69) is 48.2 Å². The van der Waals surface area contributed by atoms with Gasteiger partial charge in [-0.2, -0.15) is 0 Å². The Morgan fingerprint density at radius 2 is 1.84 bits per heavy atom. The van der Waals surface area contributed by atoms with Gasteiger partial charge in [0.15, 0.2) is 0 Å². The molecular formula is C26H29N3O3. The highest BCUT2D eigenvalue weighted by Crippen LogP contribution is 2.43. The van der Waals surface area contributed by atoms with Crippen LogP contribution in [0.1, 0.15) is 52.3 Å². The number of nitrogens with two attached hydrogens (primary N) is 1. The second-order valence-corrected chi connectivity index (χ2v) is 9.32. The zero-order valence-electron chi connectivity index (χ0n) is 19.1. The van der Waals surface area contributed by atoms with Crippen molar-refractivity contribution in [1.82, 2.24) is 10.1 Å². The van der Waals surface area contributed by atoms with E-state index in [0.29, 0.717) is 12.0 Å². The summed E-state index contributed by atoms with van der Waals surface area (Å²) in [7, 11) is 0. The minimum absolute atomic E-state index is 0.0953. The van der Waals surface area contributed by atoms with Gasteiger partial charge in [0.05, 0.1) is 18.9 Å². The predicted molar refractivity (Wildman–Crippen MR) is 124 cm³/mol. The zero-order chi connectivity index (χ0) is 22.6. The Balaban J connectivity index is 1.60. The van der Waals surface area contributed by atoms with E-state index in [-0.39, 0.29) is 5.54 Å². The van der Waals surface area contributed by atoms with Crippen LogP contribution in [0, 0.1) is 13.8 Å². The fraction of sp³-hybridized carbons (Fsp3) is 0.385. The summed E-state index contributed by atoms with van der Waals surface area (Å²) in [6.07, 6.45) is 0.706. The van der Waals surface area contributed by atoms with Gasteiger partial charge in [0.1, 0.15) is 5.76 Å². The topological polar surface area (TPSA) is 81.6 Å². The lowest BCUT2D eigenvalue weighted by Gasteiger charge is -2.41. The number of hydrogen-bond donors (Lipinski definition) is 1. The lowest BCUT2D eigenvalue weighted by atomic mass is 9.89. The van der Waals surface area contributed by atoms with Crippen LogP contribution in [0.5, 0.6) is 0 Å². The third-order valence-corrected chi connectivity index (χ3v) is 7.11. The number of carbonyl (C=O) groups is 1. The molecule has 32 heavy (non-hydrogen) atoms. The van der Waals surface area contributed by atoms with E-state index in [0.717, 1.165) is 65.6 Å². The van der Waals surface area contributed by atoms with Crippen molar-refractivity contribution in [2.24, 2.45) is 5.73 Å². The molecule has 166 valence electrons. The summed E-state index contributed by atoms with van der Waals surface area (Å²) in [6.45, 7) is 11.7. The molecule has 5 rings (SSSR count). The SMILES string of the molecule is Cc1noc(C)c1-c1cc(C(N)=O)c2c(c1)-c1ccc(C(C)(C)N3CCOCC3)cc1C2. The Hall–Kier alpha value is -2.96. The Kier molecular flexibility index (Phi) is 4.95. The number of carbonyl (C=O) groups excluding carboxylic acids is 1. The van der Waals surface area contributed by atoms with E-state index >= 15 is 0 Å². The van der Waals surface area contributed by atoms with Crippen LogP contribution in [0.3, 0.4) is 0 Å². The molecule has 2 heterocycles. The van der Waals surface area contributed by atoms with Gasteiger partial charge in [0.2, 0.25) is 5.91 Å². The molecule has 1 aliphatic carbocycles. The Labute approximate surface area is 188 Å². The molecule has 3 aromatic rings. The molecule has 1 saturated heterocycles. The summed E-state index contributed by atoms with van der Waals surface area (Å²) in [4.78, 5) is 14.9. The Morgan fingerprint density at radius 3 is 2.50 bits per heavy atom. The van der Waals surface area contributed by atoms with E-state index in [9.17, 15) is 4.79 Å². The minimum atomic E-state index is -0.406. The molecule has 0 spiro atoms. The monoisotopic (exact) mass is 431 g/mol. The molecule has 6 heteroatoms. The lowest BCUT2D eigenvalue weighted by Crippen LogP contribution is -2.47. The number of rotatable bonds is 4. The molecule has 0 bridgehead atoms. The largest absolute Gasteiger partial charge is 0.379 e. The molecule has 1 fully saturated rings. The van der Waals surface area contributed by atoms with Crippen molar-refractivity contribution in [3.63, 3.8) is 0 Å². The Morgan fingerprint density at radius 1 is 1.09 bits per heavy atom. The van der Waals surface area contributed by atoms with Gasteiger partial charge in [0.25, 0.3) is 0 Å². The van der Waals surface area contributed by atoms with Gasteiger partial charge in [-0.3, -0.25) is 9.69 Å². The smallest absolute Gasteiger partial charge is 0.249 e. The zero-order valence-corrected chi connectivity index (χ0v) is 19.1. The summed E-state index contributed by atoms with van der Waals surface area (Å²) >= 11 is 0. The van der Waals surface area contributed by atoms with Crippen molar-refractivity contribution in [2.75, 3.05) is 26.3 Å². The van der Waals surface area contributed by atoms with Gasteiger partial charge in [-0.25, -0.2) is 0 Å². The fourth-order valence-electron chi connectivity index (χ4n) is 5.24. The summed E-state index contributed by atoms with van der Waals surface area (Å²) in [5.41, 5.74) is 14.7. The first kappa shape index (κ1) is 20.9. The first-order valence-corrected chi connectivity index (χ1v) is 11.1. The summed E-state index contributed by atoms with van der Waals surface area (Å²) in [6, 6.07) is 10.7. The lowest BCUT2D eigenvalue weighted by molar-refractivity contribution is -0.0118. The Bertz CT molecular complexity index is 1200. The van der Waals surface area contributed by atoms with Crippen molar-refractivity contribution in [3.8, 4) is 22.3 Å². The van der Waals surface area contributed by atoms with Crippen molar-refractivity contribution >= 4 is 5.91 Å². The first-order chi connectivity index (χ1) is 15.3. The first-order valence-electron chi connectivity index (χ1n) is 11.1. The van der Waals surface area contributed by atoms with Gasteiger partial charge in [-0.05, 0) is 79.6 Å². The number of ether oxygens (including phenoxy) is 1. The van der Waals surface area contributed by atoms with Crippen LogP contribution in [-0.4, -0.2) is 42.3 Å². The van der Waals surface area contributed by atoms with Crippen molar-refractivity contribution in [2.45, 2.75) is 39.7 Å². The molecule has 0 atom stereocenters. The van der Waals surface area contributed by atoms with Gasteiger partial charge in [-0.1, -0.05) is 23.4 Å². The number of benzene rings is 2. The van der Waals surface area contributed by atoms with Crippen molar-refractivity contribution < 1.29 is 14.1 Å². The van der Waals surface area contributed by atoms with Gasteiger partial charge in [0, 0.05) is 29.8 Å². The summed E-state index contributed by atoms with van der Waals surface area (Å²) in [5, 5.41) is 4.08. The molecule has 2 N–H and O–H groups in total. The van der Waals surface area contributed by atoms with E-state index in [1.54, 1.807) is 0 Å². The molecule has 1 amide bonds. The summed E-state index contributed by atoms with van der Waals surface area (Å²) in [5.74, 6) is 0.329. The van der Waals surface area contributed by atoms with Crippen LogP contribution in [0.15, 0.2) is 34.9 Å². The van der Waals surface area contributed by atoms with E-state index in [1.165, 1.54) is 11.1 Å². The third kappa shape index (κ3) is 3.26. The highest BCUT2D eigenvalue weighted by atomic mass is 16.5. The molecule has 2 aromatic carbocycles. The number of nitrogens with zero attached hydrogens (tertiary/aromatic N) is 2. The maximum absolute atomic E-state index is 12.4. The van der Waals surface area contributed by atoms with Crippen molar-refractivity contribution in [1.29, 1.82) is 0 Å². The third-order valence-electron chi connectivity index (χ3n) is 7.11. The average Bonchev–Trinajstić information content (AvgIpc) is 3.32. The number of fused-ring (bicyclic) bond motifs is 3. The van der Waals surface area contributed by atoms with E-state index in [1.807, 2.05) is 19.9 Å². The van der Waals surface area contributed by atoms with Crippen LogP contribution < -0.4 is 5.73 Å². The number of aromatic nitrogens is 1. The molecule has 0 radical (unpaired) electrons. The van der Waals surface area contributed by atoms with Crippen LogP contribution >= 0.6 is 0 Å². The average molecular weight is 432 g/mol. The number of primary amides is 1. The second kappa shape index (κ2) is 7.57. The van der Waals surface area contributed by atoms with Crippen LogP contribution in [0.25, 0.3) is 22.3 Å². The molecule has 2 aliphatic rings. The predicted octanol–water partition coefficient (Wildman–Crippen LogP) is 4.20. The maximum atomic E-state index is 12.4. The molecule has 0 unspecified atom stereocenters. The number of morpholine rings is 1. The van der Waals surface area contributed by atoms with Crippen LogP contribution in [-0.2, 0) is 16.7 Å². The standard InChI is InChI=1S/C26H29N3O3/c1-15-24(16(2)32-28-15)18-13-21-20-6-5-19(26(3,4)29-7-9-31-10-8-29)11-17(20)12-22(21)23(14-18)25(27)30/h5-6,11,13-14H,7-10,12H2,1-4H3,(H2,27,30). The van der Waals surface area contributed by atoms with Gasteiger partial charge < -0.3 is 15.0 Å². The second-order valence-electron chi connectivity index (χ2n) is 9.32. The number of amides is 1. The molecule has 0 saturated carbocycles. The van der Waals surface area contributed by atoms with Gasteiger partial charge in [-0.15, -0.1) is 0 Å². The quantitative estimate of drug-likeness (QED) is 0.524. The molecule has 1 aliphatic heterocycles. The number of hydrogen-bond acceptors (Lipinski definition) is 5. The van der Waals surface area contributed by atoms with E-state index < -0.39 is 5.91 Å². The maximum Gasteiger partial charge on any atom is 0.249 e. The van der Waals surface area contributed by atoms with Crippen LogP contribution in [0.2, 0.25) is 0 Å². The van der Waals surface area contributed by atoms with E-state index in [4.69, 9.17) is 15.0 Å². The van der Waals surface area contributed by atoms with Crippen LogP contribution in [0.4, 0.5) is 0 Å². The molecular weight excluding hydrogens is 402 g/mol. The number of aryl methyl sites for hydroxylation is 2. The fourth-order valence-corrected chi connectivity index (χ4v) is 5.24. The van der Waals surface area contributed by atoms with Gasteiger partial charge >= 0.3 is 0 Å². The van der Waals surface area contributed by atoms with Crippen molar-refractivity contribution in [3.05, 3.63) is 64.0 Å². The molecule has 6 nitrogen and oxygen atoms in total.